The summed E-state index contributed by atoms with van der Waals surface area (Å²) in [4.78, 5) is 20.2. The molecule has 1 aromatic carbocycles. The first-order valence-electron chi connectivity index (χ1n) is 6.59. The van der Waals surface area contributed by atoms with Crippen molar-refractivity contribution in [2.24, 2.45) is 0 Å². The van der Waals surface area contributed by atoms with Crippen molar-refractivity contribution in [3.63, 3.8) is 0 Å². The lowest BCUT2D eigenvalue weighted by Gasteiger charge is -2.05. The molecular weight excluding hydrogens is 282 g/mol. The van der Waals surface area contributed by atoms with Crippen LogP contribution < -0.4 is 10.6 Å². The molecule has 0 saturated heterocycles. The Morgan fingerprint density at radius 3 is 2.55 bits per heavy atom. The molecule has 22 heavy (non-hydrogen) atoms. The van der Waals surface area contributed by atoms with E-state index in [0.29, 0.717) is 17.4 Å². The first kappa shape index (κ1) is 13.7. The Morgan fingerprint density at radius 2 is 1.91 bits per heavy atom. The van der Waals surface area contributed by atoms with Crippen LogP contribution in [0.2, 0.25) is 0 Å². The summed E-state index contributed by atoms with van der Waals surface area (Å²) in [5.74, 6) is 1.12. The molecule has 0 aliphatic heterocycles. The molecule has 2 aromatic heterocycles. The second-order valence-corrected chi connectivity index (χ2v) is 4.55. The Balaban J connectivity index is 1.67. The van der Waals surface area contributed by atoms with Gasteiger partial charge in [0.1, 0.15) is 17.3 Å². The number of rotatable bonds is 4. The molecule has 3 aromatic rings. The molecule has 0 fully saturated rings. The quantitative estimate of drug-likeness (QED) is 0.768. The smallest absolute Gasteiger partial charge is 0.277 e. The zero-order valence-electron chi connectivity index (χ0n) is 11.8. The van der Waals surface area contributed by atoms with Crippen molar-refractivity contribution < 1.29 is 9.32 Å². The first-order chi connectivity index (χ1) is 10.7. The number of aryl methyl sites for hydroxylation is 1. The van der Waals surface area contributed by atoms with Gasteiger partial charge >= 0.3 is 0 Å². The third-order valence-corrected chi connectivity index (χ3v) is 2.80. The first-order valence-corrected chi connectivity index (χ1v) is 6.59. The molecule has 110 valence electrons. The standard InChI is InChI=1S/C15H13N5O2/c1-10-7-13(20-22-10)19-15(21)12-8-17-14(9-16-12)18-11-5-3-2-4-6-11/h2-9H,1H3,(H,17,18)(H,19,20,21). The fraction of sp³-hybridized carbons (Fsp3) is 0.0667. The summed E-state index contributed by atoms with van der Waals surface area (Å²) < 4.78 is 4.88. The molecule has 0 bridgehead atoms. The molecule has 3 rings (SSSR count). The van der Waals surface area contributed by atoms with Crippen LogP contribution in [-0.2, 0) is 0 Å². The van der Waals surface area contributed by atoms with Crippen LogP contribution in [0.25, 0.3) is 0 Å². The monoisotopic (exact) mass is 295 g/mol. The SMILES string of the molecule is Cc1cc(NC(=O)c2cnc(Nc3ccccc3)cn2)no1. The highest BCUT2D eigenvalue weighted by atomic mass is 16.5. The molecule has 1 amide bonds. The second-order valence-electron chi connectivity index (χ2n) is 4.55. The molecule has 0 radical (unpaired) electrons. The van der Waals surface area contributed by atoms with E-state index in [1.165, 1.54) is 12.4 Å². The molecule has 7 nitrogen and oxygen atoms in total. The Bertz CT molecular complexity index is 768. The fourth-order valence-corrected chi connectivity index (χ4v) is 1.78. The van der Waals surface area contributed by atoms with Crippen LogP contribution in [0.5, 0.6) is 0 Å². The summed E-state index contributed by atoms with van der Waals surface area (Å²) in [6.07, 6.45) is 2.89. The third-order valence-electron chi connectivity index (χ3n) is 2.80. The summed E-state index contributed by atoms with van der Waals surface area (Å²) in [6, 6.07) is 11.2. The van der Waals surface area contributed by atoms with Gasteiger partial charge in [-0.3, -0.25) is 4.79 Å². The lowest BCUT2D eigenvalue weighted by atomic mass is 10.3. The zero-order chi connectivity index (χ0) is 15.4. The van der Waals surface area contributed by atoms with Gasteiger partial charge in [0.2, 0.25) is 0 Å². The van der Waals surface area contributed by atoms with Crippen LogP contribution in [0.4, 0.5) is 17.3 Å². The van der Waals surface area contributed by atoms with E-state index in [9.17, 15) is 4.79 Å². The van der Waals surface area contributed by atoms with Gasteiger partial charge < -0.3 is 15.2 Å². The van der Waals surface area contributed by atoms with E-state index in [1.54, 1.807) is 13.0 Å². The van der Waals surface area contributed by atoms with E-state index >= 15 is 0 Å². The number of carbonyl (C=O) groups excluding carboxylic acids is 1. The topological polar surface area (TPSA) is 92.9 Å². The van der Waals surface area contributed by atoms with Gasteiger partial charge in [0.15, 0.2) is 5.82 Å². The van der Waals surface area contributed by atoms with E-state index < -0.39 is 5.91 Å². The predicted molar refractivity (Wildman–Crippen MR) is 80.9 cm³/mol. The van der Waals surface area contributed by atoms with Crippen molar-refractivity contribution in [3.05, 3.63) is 60.2 Å². The minimum Gasteiger partial charge on any atom is -0.360 e. The van der Waals surface area contributed by atoms with Gasteiger partial charge in [-0.05, 0) is 19.1 Å². The molecule has 2 N–H and O–H groups in total. The summed E-state index contributed by atoms with van der Waals surface area (Å²) >= 11 is 0. The summed E-state index contributed by atoms with van der Waals surface area (Å²) in [5.41, 5.74) is 1.09. The Labute approximate surface area is 126 Å². The van der Waals surface area contributed by atoms with E-state index in [2.05, 4.69) is 25.8 Å². The Hall–Kier alpha value is -3.22. The lowest BCUT2D eigenvalue weighted by Crippen LogP contribution is -2.14. The summed E-state index contributed by atoms with van der Waals surface area (Å²) in [5, 5.41) is 9.36. The van der Waals surface area contributed by atoms with Crippen LogP contribution in [-0.4, -0.2) is 21.0 Å². The highest BCUT2D eigenvalue weighted by molar-refractivity contribution is 6.02. The molecule has 0 atom stereocenters. The average molecular weight is 295 g/mol. The Kier molecular flexibility index (Phi) is 3.78. The van der Waals surface area contributed by atoms with Gasteiger partial charge in [0.25, 0.3) is 5.91 Å². The number of nitrogens with zero attached hydrogens (tertiary/aromatic N) is 3. The highest BCUT2D eigenvalue weighted by Crippen LogP contribution is 2.13. The van der Waals surface area contributed by atoms with Crippen molar-refractivity contribution >= 4 is 23.2 Å². The van der Waals surface area contributed by atoms with Gasteiger partial charge in [-0.1, -0.05) is 23.4 Å². The number of hydrogen-bond donors (Lipinski definition) is 2. The largest absolute Gasteiger partial charge is 0.360 e. The van der Waals surface area contributed by atoms with E-state index in [1.807, 2.05) is 30.3 Å². The number of aromatic nitrogens is 3. The normalized spacial score (nSPS) is 10.2. The minimum atomic E-state index is -0.396. The van der Waals surface area contributed by atoms with Crippen LogP contribution >= 0.6 is 0 Å². The second kappa shape index (κ2) is 6.04. The number of anilines is 3. The van der Waals surface area contributed by atoms with Crippen molar-refractivity contribution in [2.45, 2.75) is 6.92 Å². The molecule has 0 aliphatic rings. The number of nitrogens with one attached hydrogen (secondary N) is 2. The van der Waals surface area contributed by atoms with Gasteiger partial charge in [-0.25, -0.2) is 9.97 Å². The van der Waals surface area contributed by atoms with E-state index in [-0.39, 0.29) is 5.69 Å². The van der Waals surface area contributed by atoms with Crippen LogP contribution in [0.3, 0.4) is 0 Å². The number of carbonyl (C=O) groups is 1. The van der Waals surface area contributed by atoms with Gasteiger partial charge in [-0.15, -0.1) is 0 Å². The van der Waals surface area contributed by atoms with Crippen LogP contribution in [0.1, 0.15) is 16.2 Å². The zero-order valence-corrected chi connectivity index (χ0v) is 11.8. The molecule has 2 heterocycles. The number of para-hydroxylation sites is 1. The average Bonchev–Trinajstić information content (AvgIpc) is 2.94. The van der Waals surface area contributed by atoms with Crippen LogP contribution in [0.15, 0.2) is 53.3 Å². The molecule has 0 unspecified atom stereocenters. The summed E-state index contributed by atoms with van der Waals surface area (Å²) in [6.45, 7) is 1.74. The lowest BCUT2D eigenvalue weighted by molar-refractivity contribution is 0.102. The van der Waals surface area contributed by atoms with Gasteiger partial charge in [0, 0.05) is 11.8 Å². The van der Waals surface area contributed by atoms with Gasteiger partial charge in [0.05, 0.1) is 12.4 Å². The number of hydrogen-bond acceptors (Lipinski definition) is 6. The predicted octanol–water partition coefficient (Wildman–Crippen LogP) is 2.77. The molecule has 0 spiro atoms. The molecular formula is C15H13N5O2. The van der Waals surface area contributed by atoms with Crippen molar-refractivity contribution in [2.75, 3.05) is 10.6 Å². The van der Waals surface area contributed by atoms with E-state index in [0.717, 1.165) is 5.69 Å². The minimum absolute atomic E-state index is 0.194. The van der Waals surface area contributed by atoms with Gasteiger partial charge in [-0.2, -0.15) is 0 Å². The maximum Gasteiger partial charge on any atom is 0.277 e. The van der Waals surface area contributed by atoms with E-state index in [4.69, 9.17) is 4.52 Å². The number of amides is 1. The maximum absolute atomic E-state index is 12.0. The van der Waals surface area contributed by atoms with Crippen molar-refractivity contribution in [1.82, 2.24) is 15.1 Å². The summed E-state index contributed by atoms with van der Waals surface area (Å²) in [7, 11) is 0. The third kappa shape index (κ3) is 3.26. The molecule has 0 saturated carbocycles. The van der Waals surface area contributed by atoms with Crippen LogP contribution in [0, 0.1) is 6.92 Å². The van der Waals surface area contributed by atoms with Crippen molar-refractivity contribution in [3.8, 4) is 0 Å². The maximum atomic E-state index is 12.0. The fourth-order valence-electron chi connectivity index (χ4n) is 1.78. The Morgan fingerprint density at radius 1 is 1.09 bits per heavy atom. The highest BCUT2D eigenvalue weighted by Gasteiger charge is 2.10. The number of benzene rings is 1. The van der Waals surface area contributed by atoms with Crippen molar-refractivity contribution in [1.29, 1.82) is 0 Å². The molecule has 0 aliphatic carbocycles. The molecule has 7 heteroatoms.